The molecule has 2 fully saturated rings. The molecule has 224 valence electrons. The lowest BCUT2D eigenvalue weighted by atomic mass is 10.1. The SMILES string of the molecule is CCOc1nc(NC(C)=O)nc2c1ncn2[C@@H]1O[C@@H]2CO[Si](C(C)C)(C(C)C)O[Si](C(C)C)(C(C)C)O[C@H]2[C@H]1O. The van der Waals surface area contributed by atoms with Crippen molar-refractivity contribution in [3.05, 3.63) is 6.33 Å². The van der Waals surface area contributed by atoms with E-state index < -0.39 is 41.7 Å². The molecule has 2 aliphatic rings. The van der Waals surface area contributed by atoms with Crippen LogP contribution in [-0.2, 0) is 22.5 Å². The number of carbonyl (C=O) groups is 1. The van der Waals surface area contributed by atoms with Crippen LogP contribution < -0.4 is 10.1 Å². The van der Waals surface area contributed by atoms with Crippen LogP contribution in [-0.4, -0.2) is 79.2 Å². The summed E-state index contributed by atoms with van der Waals surface area (Å²) < 4.78 is 34.9. The number of carbonyl (C=O) groups excluding carboxylic acids is 1. The van der Waals surface area contributed by atoms with E-state index in [1.165, 1.54) is 6.92 Å². The summed E-state index contributed by atoms with van der Waals surface area (Å²) in [7, 11) is -5.70. The van der Waals surface area contributed by atoms with Gasteiger partial charge >= 0.3 is 17.1 Å². The van der Waals surface area contributed by atoms with Crippen molar-refractivity contribution >= 4 is 40.1 Å². The Hall–Kier alpha value is -1.95. The number of amides is 1. The summed E-state index contributed by atoms with van der Waals surface area (Å²) in [5.41, 5.74) is 1.37. The number of aliphatic hydroxyl groups is 1. The molecule has 0 unspecified atom stereocenters. The molecule has 2 N–H and O–H groups in total. The number of rotatable bonds is 8. The van der Waals surface area contributed by atoms with Gasteiger partial charge in [0.05, 0.1) is 19.5 Å². The minimum absolute atomic E-state index is 0.0763. The molecule has 2 saturated heterocycles. The quantitative estimate of drug-likeness (QED) is 0.422. The van der Waals surface area contributed by atoms with Crippen LogP contribution in [0.4, 0.5) is 5.95 Å². The first-order valence-corrected chi connectivity index (χ1v) is 18.2. The number of nitrogens with one attached hydrogen (secondary N) is 1. The van der Waals surface area contributed by atoms with Crippen molar-refractivity contribution < 1.29 is 32.3 Å². The van der Waals surface area contributed by atoms with E-state index >= 15 is 0 Å². The fraction of sp³-hybridized carbons (Fsp3) is 0.769. The smallest absolute Gasteiger partial charge is 0.335 e. The highest BCUT2D eigenvalue weighted by atomic mass is 28.5. The van der Waals surface area contributed by atoms with Crippen molar-refractivity contribution in [2.24, 2.45) is 0 Å². The van der Waals surface area contributed by atoms with Gasteiger partial charge in [0.25, 0.3) is 0 Å². The van der Waals surface area contributed by atoms with Gasteiger partial charge in [0, 0.05) is 6.92 Å². The van der Waals surface area contributed by atoms with Crippen LogP contribution in [0.1, 0.15) is 75.5 Å². The highest BCUT2D eigenvalue weighted by molar-refractivity contribution is 6.84. The molecule has 12 nitrogen and oxygen atoms in total. The van der Waals surface area contributed by atoms with Crippen molar-refractivity contribution in [2.75, 3.05) is 18.5 Å². The first kappa shape index (κ1) is 31.0. The maximum absolute atomic E-state index is 11.8. The zero-order chi connectivity index (χ0) is 29.6. The Morgan fingerprint density at radius 3 is 2.27 bits per heavy atom. The summed E-state index contributed by atoms with van der Waals surface area (Å²) in [5.74, 6) is -0.00902. The molecule has 0 bridgehead atoms. The van der Waals surface area contributed by atoms with Gasteiger partial charge in [-0.3, -0.25) is 14.7 Å². The first-order valence-electron chi connectivity index (χ1n) is 14.3. The molecule has 0 spiro atoms. The molecule has 2 aromatic heterocycles. The number of hydrogen-bond donors (Lipinski definition) is 2. The number of aromatic nitrogens is 4. The third-order valence-corrected chi connectivity index (χ3v) is 18.1. The molecule has 2 aliphatic heterocycles. The van der Waals surface area contributed by atoms with E-state index in [0.717, 1.165) is 0 Å². The number of aliphatic hydroxyl groups excluding tert-OH is 1. The summed E-state index contributed by atoms with van der Waals surface area (Å²) >= 11 is 0. The largest absolute Gasteiger partial charge is 0.476 e. The minimum atomic E-state index is -2.94. The number of fused-ring (bicyclic) bond motifs is 2. The molecule has 14 heteroatoms. The van der Waals surface area contributed by atoms with Gasteiger partial charge in [0.2, 0.25) is 17.7 Å². The summed E-state index contributed by atoms with van der Waals surface area (Å²) in [5, 5.41) is 14.4. The van der Waals surface area contributed by atoms with Crippen LogP contribution in [0.5, 0.6) is 5.88 Å². The highest BCUT2D eigenvalue weighted by Crippen LogP contribution is 2.48. The van der Waals surface area contributed by atoms with E-state index in [1.54, 1.807) is 10.9 Å². The fourth-order valence-electron chi connectivity index (χ4n) is 5.89. The lowest BCUT2D eigenvalue weighted by Gasteiger charge is -2.51. The van der Waals surface area contributed by atoms with Gasteiger partial charge in [-0.1, -0.05) is 55.4 Å². The van der Waals surface area contributed by atoms with Crippen LogP contribution >= 0.6 is 0 Å². The minimum Gasteiger partial charge on any atom is -0.476 e. The lowest BCUT2D eigenvalue weighted by molar-refractivity contribution is -0.114. The van der Waals surface area contributed by atoms with Gasteiger partial charge in [0.15, 0.2) is 17.4 Å². The predicted octanol–water partition coefficient (Wildman–Crippen LogP) is 4.40. The monoisotopic (exact) mass is 595 g/mol. The van der Waals surface area contributed by atoms with Crippen molar-refractivity contribution in [3.63, 3.8) is 0 Å². The molecular weight excluding hydrogens is 550 g/mol. The van der Waals surface area contributed by atoms with Crippen LogP contribution in [0.25, 0.3) is 11.2 Å². The van der Waals surface area contributed by atoms with Crippen molar-refractivity contribution in [1.29, 1.82) is 0 Å². The predicted molar refractivity (Wildman–Crippen MR) is 155 cm³/mol. The number of ether oxygens (including phenoxy) is 2. The van der Waals surface area contributed by atoms with Crippen LogP contribution in [0, 0.1) is 0 Å². The number of hydrogen-bond acceptors (Lipinski definition) is 10. The molecule has 1 amide bonds. The Bertz CT molecular complexity index is 1190. The van der Waals surface area contributed by atoms with Gasteiger partial charge < -0.3 is 27.5 Å². The second-order valence-corrected chi connectivity index (χ2v) is 20.7. The molecule has 4 atom stereocenters. The maximum Gasteiger partial charge on any atom is 0.335 e. The lowest BCUT2D eigenvalue weighted by Crippen LogP contribution is -2.65. The van der Waals surface area contributed by atoms with E-state index in [0.29, 0.717) is 17.8 Å². The number of imidazole rings is 1. The summed E-state index contributed by atoms with van der Waals surface area (Å²) in [4.78, 5) is 25.0. The average Bonchev–Trinajstić information content (AvgIpc) is 3.39. The molecule has 0 radical (unpaired) electrons. The highest BCUT2D eigenvalue weighted by Gasteiger charge is 2.61. The normalized spacial score (nSPS) is 26.4. The number of anilines is 1. The van der Waals surface area contributed by atoms with Crippen molar-refractivity contribution in [2.45, 2.75) is 116 Å². The maximum atomic E-state index is 11.8. The van der Waals surface area contributed by atoms with Gasteiger partial charge in [-0.2, -0.15) is 9.97 Å². The Labute approximate surface area is 238 Å². The molecule has 2 aromatic rings. The van der Waals surface area contributed by atoms with E-state index in [4.69, 9.17) is 22.4 Å². The van der Waals surface area contributed by atoms with Gasteiger partial charge in [0.1, 0.15) is 18.3 Å². The van der Waals surface area contributed by atoms with E-state index in [9.17, 15) is 9.90 Å². The fourth-order valence-corrected chi connectivity index (χ4v) is 17.1. The van der Waals surface area contributed by atoms with E-state index in [-0.39, 0.29) is 46.5 Å². The Morgan fingerprint density at radius 2 is 1.73 bits per heavy atom. The number of nitrogens with zero attached hydrogens (tertiary/aromatic N) is 4. The second-order valence-electron chi connectivity index (χ2n) is 11.9. The zero-order valence-electron chi connectivity index (χ0n) is 25.3. The van der Waals surface area contributed by atoms with Crippen molar-refractivity contribution in [1.82, 2.24) is 19.5 Å². The third-order valence-electron chi connectivity index (χ3n) is 7.87. The summed E-state index contributed by atoms with van der Waals surface area (Å²) in [6.45, 7) is 21.0. The second kappa shape index (κ2) is 11.7. The van der Waals surface area contributed by atoms with Crippen LogP contribution in [0.3, 0.4) is 0 Å². The molecule has 4 heterocycles. The van der Waals surface area contributed by atoms with Gasteiger partial charge in [-0.05, 0) is 29.1 Å². The third kappa shape index (κ3) is 5.34. The average molecular weight is 596 g/mol. The Balaban J connectivity index is 1.79. The molecule has 0 aliphatic carbocycles. The molecule has 4 rings (SSSR count). The molecule has 40 heavy (non-hydrogen) atoms. The van der Waals surface area contributed by atoms with Crippen molar-refractivity contribution in [3.8, 4) is 5.88 Å². The summed E-state index contributed by atoms with van der Waals surface area (Å²) in [6.07, 6.45) is -1.58. The molecule has 0 aromatic carbocycles. The van der Waals surface area contributed by atoms with Gasteiger partial charge in [-0.15, -0.1) is 0 Å². The first-order chi connectivity index (χ1) is 18.8. The van der Waals surface area contributed by atoms with Gasteiger partial charge in [-0.25, -0.2) is 4.98 Å². The van der Waals surface area contributed by atoms with E-state index in [2.05, 4.69) is 75.7 Å². The van der Waals surface area contributed by atoms with E-state index in [1.807, 2.05) is 6.92 Å². The summed E-state index contributed by atoms with van der Waals surface area (Å²) in [6, 6.07) is 0. The standard InChI is InChI=1S/C26H45N5O7Si2/c1-11-34-24-20-23(29-26(30-24)28-18(10)32)31(13-27-20)25-21(33)22-19(36-25)12-35-39(14(2)3,15(4)5)38-40(37-22,16(6)7)17(8)9/h13-17,19,21-22,25,33H,11-12H2,1-10H3,(H,28,29,30,32)/t19-,21-,22-,25-/m1/s1. The van der Waals surface area contributed by atoms with Crippen LogP contribution in [0.2, 0.25) is 22.2 Å². The Kier molecular flexibility index (Phi) is 9.10. The van der Waals surface area contributed by atoms with Crippen LogP contribution in [0.15, 0.2) is 6.33 Å². The Morgan fingerprint density at radius 1 is 1.10 bits per heavy atom. The molecular formula is C26H45N5O7Si2. The zero-order valence-corrected chi connectivity index (χ0v) is 27.3. The molecule has 0 saturated carbocycles. The topological polar surface area (TPSA) is 139 Å².